The summed E-state index contributed by atoms with van der Waals surface area (Å²) < 4.78 is 0. The third-order valence-electron chi connectivity index (χ3n) is 5.67. The van der Waals surface area contributed by atoms with Crippen molar-refractivity contribution < 1.29 is 14.6 Å². The molecule has 132 valence electrons. The molecule has 1 aliphatic heterocycles. The zero-order valence-corrected chi connectivity index (χ0v) is 15.4. The lowest BCUT2D eigenvalue weighted by Gasteiger charge is -2.34. The number of carbonyl (C=O) groups excluding carboxylic acids is 1. The Morgan fingerprint density at radius 1 is 1.17 bits per heavy atom. The van der Waals surface area contributed by atoms with Crippen LogP contribution in [0.4, 0.5) is 0 Å². The van der Waals surface area contributed by atoms with Gasteiger partial charge in [0.15, 0.2) is 6.04 Å². The molecular formula is C19H30ClN3O+2. The Morgan fingerprint density at radius 2 is 1.79 bits per heavy atom. The molecule has 1 amide bonds. The van der Waals surface area contributed by atoms with E-state index < -0.39 is 0 Å². The van der Waals surface area contributed by atoms with Gasteiger partial charge in [0.2, 0.25) is 0 Å². The summed E-state index contributed by atoms with van der Waals surface area (Å²) in [6, 6.07) is 8.11. The molecule has 0 spiro atoms. The maximum atomic E-state index is 13.1. The predicted octanol–water partition coefficient (Wildman–Crippen LogP) is 0.243. The third kappa shape index (κ3) is 4.29. The summed E-state index contributed by atoms with van der Waals surface area (Å²) in [6.45, 7) is 7.80. The fourth-order valence-electron chi connectivity index (χ4n) is 4.15. The number of hydrogen-bond donors (Lipinski definition) is 3. The van der Waals surface area contributed by atoms with Crippen LogP contribution in [0.5, 0.6) is 0 Å². The first-order chi connectivity index (χ1) is 11.7. The lowest BCUT2D eigenvalue weighted by atomic mass is 10.0. The Balaban J connectivity index is 1.75. The molecule has 4 nitrogen and oxygen atoms in total. The molecule has 0 bridgehead atoms. The summed E-state index contributed by atoms with van der Waals surface area (Å²) in [5, 5.41) is 4.04. The van der Waals surface area contributed by atoms with Gasteiger partial charge in [-0.05, 0) is 31.9 Å². The van der Waals surface area contributed by atoms with Crippen LogP contribution in [0.3, 0.4) is 0 Å². The number of quaternary nitrogens is 2. The predicted molar refractivity (Wildman–Crippen MR) is 96.5 cm³/mol. The topological polar surface area (TPSA) is 38.0 Å². The second-order valence-corrected chi connectivity index (χ2v) is 7.67. The lowest BCUT2D eigenvalue weighted by molar-refractivity contribution is -1.02. The van der Waals surface area contributed by atoms with Crippen molar-refractivity contribution in [2.24, 2.45) is 0 Å². The zero-order valence-electron chi connectivity index (χ0n) is 14.6. The van der Waals surface area contributed by atoms with Crippen molar-refractivity contribution in [3.8, 4) is 0 Å². The minimum absolute atomic E-state index is 0.110. The molecule has 0 aromatic heterocycles. The molecule has 1 saturated heterocycles. The SMILES string of the molecule is CC[NH+]1CC[NH+](C(C(=O)NC2CCCC2)c2ccc(Cl)cc2)CC1. The highest BCUT2D eigenvalue weighted by atomic mass is 35.5. The van der Waals surface area contributed by atoms with Crippen LogP contribution >= 0.6 is 11.6 Å². The smallest absolute Gasteiger partial charge is 0.283 e. The van der Waals surface area contributed by atoms with Gasteiger partial charge in [-0.15, -0.1) is 0 Å². The molecule has 1 atom stereocenters. The third-order valence-corrected chi connectivity index (χ3v) is 5.93. The Morgan fingerprint density at radius 3 is 2.38 bits per heavy atom. The Bertz CT molecular complexity index is 534. The van der Waals surface area contributed by atoms with Crippen molar-refractivity contribution in [2.75, 3.05) is 32.7 Å². The van der Waals surface area contributed by atoms with Crippen LogP contribution in [0.25, 0.3) is 0 Å². The highest BCUT2D eigenvalue weighted by molar-refractivity contribution is 6.30. The summed E-state index contributed by atoms with van der Waals surface area (Å²) in [4.78, 5) is 16.1. The number of carbonyl (C=O) groups is 1. The minimum atomic E-state index is -0.110. The van der Waals surface area contributed by atoms with E-state index in [2.05, 4.69) is 12.2 Å². The molecule has 1 aromatic carbocycles. The van der Waals surface area contributed by atoms with Gasteiger partial charge in [0.25, 0.3) is 5.91 Å². The van der Waals surface area contributed by atoms with Crippen molar-refractivity contribution in [2.45, 2.75) is 44.7 Å². The summed E-state index contributed by atoms with van der Waals surface area (Å²) in [6.07, 6.45) is 4.73. The van der Waals surface area contributed by atoms with Gasteiger partial charge in [-0.3, -0.25) is 4.79 Å². The first-order valence-electron chi connectivity index (χ1n) is 9.41. The maximum absolute atomic E-state index is 13.1. The average molecular weight is 352 g/mol. The molecule has 1 aliphatic carbocycles. The van der Waals surface area contributed by atoms with E-state index in [4.69, 9.17) is 11.6 Å². The van der Waals surface area contributed by atoms with Crippen LogP contribution in [0.15, 0.2) is 24.3 Å². The van der Waals surface area contributed by atoms with Gasteiger partial charge in [0.05, 0.1) is 6.54 Å². The van der Waals surface area contributed by atoms with E-state index in [0.717, 1.165) is 49.6 Å². The highest BCUT2D eigenvalue weighted by Crippen LogP contribution is 2.20. The van der Waals surface area contributed by atoms with Gasteiger partial charge in [-0.1, -0.05) is 36.6 Å². The maximum Gasteiger partial charge on any atom is 0.283 e. The quantitative estimate of drug-likeness (QED) is 0.698. The summed E-state index contributed by atoms with van der Waals surface area (Å²) in [5.41, 5.74) is 1.09. The number of hydrogen-bond acceptors (Lipinski definition) is 1. The Kier molecular flexibility index (Phi) is 6.14. The molecule has 1 unspecified atom stereocenters. The molecule has 24 heavy (non-hydrogen) atoms. The van der Waals surface area contributed by atoms with Gasteiger partial charge < -0.3 is 15.1 Å². The van der Waals surface area contributed by atoms with E-state index in [-0.39, 0.29) is 11.9 Å². The standard InChI is InChI=1S/C19H28ClN3O/c1-2-22-11-13-23(14-12-22)18(15-7-9-16(20)10-8-15)19(24)21-17-5-3-4-6-17/h7-10,17-18H,2-6,11-14H2,1H3,(H,21,24)/p+2. The van der Waals surface area contributed by atoms with E-state index in [1.54, 1.807) is 4.90 Å². The summed E-state index contributed by atoms with van der Waals surface area (Å²) in [5.74, 6) is 0.194. The van der Waals surface area contributed by atoms with Crippen LogP contribution in [0.2, 0.25) is 5.02 Å². The van der Waals surface area contributed by atoms with Gasteiger partial charge in [0.1, 0.15) is 26.2 Å². The van der Waals surface area contributed by atoms with Crippen molar-refractivity contribution in [1.29, 1.82) is 0 Å². The van der Waals surface area contributed by atoms with Crippen molar-refractivity contribution in [3.05, 3.63) is 34.9 Å². The number of piperazine rings is 1. The normalized spacial score (nSPS) is 26.2. The zero-order chi connectivity index (χ0) is 16.9. The molecule has 1 aromatic rings. The molecule has 3 rings (SSSR count). The van der Waals surface area contributed by atoms with Gasteiger partial charge in [0, 0.05) is 16.6 Å². The van der Waals surface area contributed by atoms with Crippen molar-refractivity contribution >= 4 is 17.5 Å². The van der Waals surface area contributed by atoms with Gasteiger partial charge in [-0.2, -0.15) is 0 Å². The van der Waals surface area contributed by atoms with Crippen molar-refractivity contribution in [3.63, 3.8) is 0 Å². The van der Waals surface area contributed by atoms with E-state index in [1.165, 1.54) is 24.3 Å². The van der Waals surface area contributed by atoms with Crippen LogP contribution < -0.4 is 15.1 Å². The number of nitrogens with one attached hydrogen (secondary N) is 3. The molecule has 5 heteroatoms. The fourth-order valence-corrected chi connectivity index (χ4v) is 4.28. The van der Waals surface area contributed by atoms with Crippen LogP contribution in [-0.2, 0) is 4.79 Å². The number of halogens is 1. The number of amides is 1. The van der Waals surface area contributed by atoms with E-state index in [9.17, 15) is 4.79 Å². The highest BCUT2D eigenvalue weighted by Gasteiger charge is 2.36. The van der Waals surface area contributed by atoms with Gasteiger partial charge in [-0.25, -0.2) is 0 Å². The molecule has 3 N–H and O–H groups in total. The average Bonchev–Trinajstić information content (AvgIpc) is 3.10. The molecule has 0 radical (unpaired) electrons. The van der Waals surface area contributed by atoms with Crippen molar-refractivity contribution in [1.82, 2.24) is 5.32 Å². The second-order valence-electron chi connectivity index (χ2n) is 7.24. The molecule has 1 saturated carbocycles. The second kappa shape index (κ2) is 8.32. The summed E-state index contributed by atoms with van der Waals surface area (Å²) in [7, 11) is 0. The lowest BCUT2D eigenvalue weighted by Crippen LogP contribution is -3.28. The number of rotatable bonds is 5. The Labute approximate surface area is 150 Å². The van der Waals surface area contributed by atoms with E-state index >= 15 is 0 Å². The van der Waals surface area contributed by atoms with E-state index in [1.807, 2.05) is 24.3 Å². The number of benzene rings is 1. The van der Waals surface area contributed by atoms with Crippen LogP contribution in [0.1, 0.15) is 44.2 Å². The van der Waals surface area contributed by atoms with Crippen LogP contribution in [-0.4, -0.2) is 44.7 Å². The van der Waals surface area contributed by atoms with Gasteiger partial charge >= 0.3 is 0 Å². The minimum Gasteiger partial charge on any atom is -0.348 e. The molecular weight excluding hydrogens is 322 g/mol. The first-order valence-corrected chi connectivity index (χ1v) is 9.79. The monoisotopic (exact) mass is 351 g/mol. The Hall–Kier alpha value is -1.10. The molecule has 1 heterocycles. The fraction of sp³-hybridized carbons (Fsp3) is 0.632. The number of likely N-dealkylation sites (N-methyl/N-ethyl adjacent to an activating group) is 1. The first kappa shape index (κ1) is 17.7. The molecule has 2 fully saturated rings. The molecule has 2 aliphatic rings. The van der Waals surface area contributed by atoms with Crippen LogP contribution in [0, 0.1) is 0 Å². The van der Waals surface area contributed by atoms with E-state index in [0.29, 0.717) is 6.04 Å². The summed E-state index contributed by atoms with van der Waals surface area (Å²) >= 11 is 6.05. The largest absolute Gasteiger partial charge is 0.348 e.